The molecule has 0 aromatic heterocycles. The second kappa shape index (κ2) is 13.3. The molecule has 12 atom stereocenters. The maximum absolute atomic E-state index is 13.9. The van der Waals surface area contributed by atoms with Gasteiger partial charge in [0.2, 0.25) is 0 Å². The third-order valence-corrected chi connectivity index (χ3v) is 9.54. The van der Waals surface area contributed by atoms with Crippen molar-refractivity contribution in [1.82, 2.24) is 10.2 Å². The van der Waals surface area contributed by atoms with E-state index < -0.39 is 83.9 Å². The number of ketones is 2. The number of aliphatic hydroxyl groups is 1. The van der Waals surface area contributed by atoms with E-state index in [-0.39, 0.29) is 24.3 Å². The van der Waals surface area contributed by atoms with E-state index in [2.05, 4.69) is 5.32 Å². The number of methoxy groups -OCH3 is 1. The van der Waals surface area contributed by atoms with Crippen LogP contribution in [0.4, 0.5) is 4.79 Å². The van der Waals surface area contributed by atoms with Crippen LogP contribution in [0.3, 0.4) is 0 Å². The molecule has 0 spiro atoms. The number of alkyl carbamates (subject to hydrolysis) is 1. The molecule has 12 heteroatoms. The summed E-state index contributed by atoms with van der Waals surface area (Å²) in [6.45, 7) is 12.2. The first kappa shape index (κ1) is 34.4. The molecular formula is C30H50N2O10. The molecule has 3 heterocycles. The van der Waals surface area contributed by atoms with Crippen molar-refractivity contribution >= 4 is 23.6 Å². The van der Waals surface area contributed by atoms with Gasteiger partial charge in [-0.15, -0.1) is 0 Å². The number of fused-ring (bicyclic) bond motifs is 1. The molecule has 3 aliphatic rings. The summed E-state index contributed by atoms with van der Waals surface area (Å²) in [5, 5.41) is 13.9. The fraction of sp³-hybridized carbons (Fsp3) is 0.867. The molecule has 0 aliphatic carbocycles. The van der Waals surface area contributed by atoms with Gasteiger partial charge in [0.25, 0.3) is 0 Å². The van der Waals surface area contributed by atoms with Crippen LogP contribution >= 0.6 is 0 Å². The van der Waals surface area contributed by atoms with E-state index >= 15 is 0 Å². The maximum Gasteiger partial charge on any atom is 0.408 e. The fourth-order valence-electron chi connectivity index (χ4n) is 6.96. The summed E-state index contributed by atoms with van der Waals surface area (Å²) in [6.07, 6.45) is -4.43. The van der Waals surface area contributed by atoms with Gasteiger partial charge in [-0.3, -0.25) is 14.4 Å². The maximum atomic E-state index is 13.9. The minimum Gasteiger partial charge on any atom is -0.458 e. The van der Waals surface area contributed by atoms with E-state index in [1.165, 1.54) is 7.11 Å². The molecule has 0 aromatic carbocycles. The van der Waals surface area contributed by atoms with Gasteiger partial charge in [0, 0.05) is 30.9 Å². The number of carbonyl (C=O) groups is 4. The number of nitrogens with one attached hydrogen (secondary N) is 1. The number of hydrogen-bond acceptors (Lipinski definition) is 11. The lowest BCUT2D eigenvalue weighted by atomic mass is 9.74. The van der Waals surface area contributed by atoms with Crippen LogP contribution in [-0.2, 0) is 38.1 Å². The van der Waals surface area contributed by atoms with E-state index in [0.29, 0.717) is 12.8 Å². The largest absolute Gasteiger partial charge is 0.458 e. The lowest BCUT2D eigenvalue weighted by molar-refractivity contribution is -0.295. The zero-order chi connectivity index (χ0) is 31.7. The number of amides is 1. The van der Waals surface area contributed by atoms with Crippen LogP contribution in [0.25, 0.3) is 0 Å². The highest BCUT2D eigenvalue weighted by molar-refractivity contribution is 5.97. The molecular weight excluding hydrogens is 548 g/mol. The Labute approximate surface area is 249 Å². The zero-order valence-corrected chi connectivity index (χ0v) is 26.7. The second-order valence-corrected chi connectivity index (χ2v) is 13.0. The Hall–Kier alpha value is -2.12. The van der Waals surface area contributed by atoms with Gasteiger partial charge in [-0.25, -0.2) is 4.79 Å². The molecule has 0 radical (unpaired) electrons. The summed E-state index contributed by atoms with van der Waals surface area (Å²) in [7, 11) is 5.20. The normalized spacial score (nSPS) is 44.2. The number of hydrogen-bond donors (Lipinski definition) is 2. The predicted molar refractivity (Wildman–Crippen MR) is 151 cm³/mol. The molecule has 1 amide bonds. The Morgan fingerprint density at radius 2 is 1.71 bits per heavy atom. The van der Waals surface area contributed by atoms with Crippen LogP contribution in [0.5, 0.6) is 0 Å². The number of cyclic esters (lactones) is 1. The van der Waals surface area contributed by atoms with Gasteiger partial charge in [-0.1, -0.05) is 27.7 Å². The lowest BCUT2D eigenvalue weighted by Gasteiger charge is -2.46. The molecule has 2 N–H and O–H groups in total. The van der Waals surface area contributed by atoms with Crippen molar-refractivity contribution in [3.05, 3.63) is 0 Å². The summed E-state index contributed by atoms with van der Waals surface area (Å²) in [5.41, 5.74) is -2.53. The topological polar surface area (TPSA) is 150 Å². The Morgan fingerprint density at radius 1 is 1.07 bits per heavy atom. The van der Waals surface area contributed by atoms with E-state index in [9.17, 15) is 24.3 Å². The van der Waals surface area contributed by atoms with Crippen LogP contribution in [0.15, 0.2) is 0 Å². The van der Waals surface area contributed by atoms with Crippen molar-refractivity contribution in [2.45, 2.75) is 128 Å². The Kier molecular flexibility index (Phi) is 10.8. The number of rotatable bonds is 5. The number of ether oxygens (including phenoxy) is 5. The molecule has 3 rings (SSSR count). The van der Waals surface area contributed by atoms with Crippen molar-refractivity contribution in [1.29, 1.82) is 0 Å². The Bertz CT molecular complexity index is 1020. The van der Waals surface area contributed by atoms with Gasteiger partial charge < -0.3 is 39.0 Å². The summed E-state index contributed by atoms with van der Waals surface area (Å²) >= 11 is 0. The molecule has 3 aliphatic heterocycles. The van der Waals surface area contributed by atoms with Crippen molar-refractivity contribution in [2.75, 3.05) is 21.2 Å². The number of nitrogens with zero attached hydrogens (tertiary/aromatic N) is 1. The van der Waals surface area contributed by atoms with Crippen molar-refractivity contribution in [3.63, 3.8) is 0 Å². The molecule has 0 bridgehead atoms. The average molecular weight is 599 g/mol. The molecule has 0 unspecified atom stereocenters. The third kappa shape index (κ3) is 6.83. The number of carbonyl (C=O) groups excluding carboxylic acids is 4. The van der Waals surface area contributed by atoms with E-state index in [4.69, 9.17) is 23.7 Å². The van der Waals surface area contributed by atoms with Crippen molar-refractivity contribution in [2.24, 2.45) is 17.8 Å². The summed E-state index contributed by atoms with van der Waals surface area (Å²) in [4.78, 5) is 54.9. The molecule has 240 valence electrons. The molecule has 0 aromatic rings. The average Bonchev–Trinajstić information content (AvgIpc) is 3.24. The summed E-state index contributed by atoms with van der Waals surface area (Å²) < 4.78 is 29.8. The van der Waals surface area contributed by atoms with Crippen molar-refractivity contribution < 1.29 is 48.0 Å². The lowest BCUT2D eigenvalue weighted by Crippen LogP contribution is -2.59. The van der Waals surface area contributed by atoms with Gasteiger partial charge in [-0.2, -0.15) is 0 Å². The molecule has 0 saturated carbocycles. The molecule has 3 fully saturated rings. The van der Waals surface area contributed by atoms with E-state index in [1.54, 1.807) is 41.5 Å². The highest BCUT2D eigenvalue weighted by Crippen LogP contribution is 2.39. The number of esters is 1. The second-order valence-electron chi connectivity index (χ2n) is 13.0. The SMILES string of the molecule is CC[C@@H]1OC(=O)CC(=O)[C@H](C)[C@@H](O[C@@H]2O[C@H](C)C[C@H](N(C)C)[C@H]2O)[C@@](C)(OC)C[C@@H](C)C(=O)[C@@H](C)[C@H]2NC(=O)O[C@]12C. The summed E-state index contributed by atoms with van der Waals surface area (Å²) in [6, 6.07) is -1.02. The number of Topliss-reactive ketones (excluding diaryl/α,β-unsaturated/α-hetero) is 2. The smallest absolute Gasteiger partial charge is 0.408 e. The van der Waals surface area contributed by atoms with E-state index in [0.717, 1.165) is 0 Å². The summed E-state index contributed by atoms with van der Waals surface area (Å²) in [5.74, 6) is -3.58. The quantitative estimate of drug-likeness (QED) is 0.354. The highest BCUT2D eigenvalue weighted by Gasteiger charge is 2.56. The monoisotopic (exact) mass is 598 g/mol. The van der Waals surface area contributed by atoms with Gasteiger partial charge in [0.1, 0.15) is 30.2 Å². The molecule has 12 nitrogen and oxygen atoms in total. The number of likely N-dealkylation sites (N-methyl/N-ethyl adjacent to an activating group) is 1. The standard InChI is InChI=1S/C30H50N2O10/c1-11-21-30(7)25(31-28(37)42-30)18(5)23(35)15(2)14-29(6,38-10)26(17(4)20(33)13-22(34)40-21)41-27-24(36)19(32(8)9)12-16(3)39-27/h15-19,21,24-27,36H,11-14H2,1-10H3,(H,31,37)/t15-,16-,17+,18-,19+,21+,24-,25-,26-,27+,29+,30-/m1/s1. The minimum absolute atomic E-state index is 0.157. The van der Waals surface area contributed by atoms with Crippen LogP contribution in [0.1, 0.15) is 74.1 Å². The fourth-order valence-corrected chi connectivity index (χ4v) is 6.96. The molecule has 3 saturated heterocycles. The van der Waals surface area contributed by atoms with Crippen LogP contribution < -0.4 is 5.32 Å². The Balaban J connectivity index is 2.04. The third-order valence-electron chi connectivity index (χ3n) is 9.54. The minimum atomic E-state index is -1.32. The van der Waals surface area contributed by atoms with Gasteiger partial charge in [-0.05, 0) is 54.1 Å². The first-order valence-electron chi connectivity index (χ1n) is 14.9. The van der Waals surface area contributed by atoms with Gasteiger partial charge in [0.15, 0.2) is 11.9 Å². The van der Waals surface area contributed by atoms with Gasteiger partial charge in [0.05, 0.1) is 23.9 Å². The first-order chi connectivity index (χ1) is 19.5. The predicted octanol–water partition coefficient (Wildman–Crippen LogP) is 2.23. The van der Waals surface area contributed by atoms with Crippen molar-refractivity contribution in [3.8, 4) is 0 Å². The highest BCUT2D eigenvalue weighted by atomic mass is 16.7. The Morgan fingerprint density at radius 3 is 2.29 bits per heavy atom. The van der Waals surface area contributed by atoms with Crippen LogP contribution in [-0.4, -0.2) is 109 Å². The zero-order valence-electron chi connectivity index (χ0n) is 26.7. The van der Waals surface area contributed by atoms with E-state index in [1.807, 2.05) is 25.9 Å². The van der Waals surface area contributed by atoms with Gasteiger partial charge >= 0.3 is 12.1 Å². The van der Waals surface area contributed by atoms with Crippen LogP contribution in [0, 0.1) is 17.8 Å². The first-order valence-corrected chi connectivity index (χ1v) is 14.9. The van der Waals surface area contributed by atoms with Crippen LogP contribution in [0.2, 0.25) is 0 Å². The number of aliphatic hydroxyl groups excluding tert-OH is 1. The molecule has 42 heavy (non-hydrogen) atoms.